The van der Waals surface area contributed by atoms with Crippen LogP contribution in [0.5, 0.6) is 0 Å². The predicted molar refractivity (Wildman–Crippen MR) is 86.9 cm³/mol. The SMILES string of the molecule is C=CCn1ncc(NCc2ccc(CC)cc2)c(Cl)c1=O. The fraction of sp³-hybridized carbons (Fsp3) is 0.250. The molecule has 4 nitrogen and oxygen atoms in total. The molecular formula is C16H18ClN3O. The molecule has 0 atom stereocenters. The maximum atomic E-state index is 12.0. The summed E-state index contributed by atoms with van der Waals surface area (Å²) in [5, 5.41) is 7.35. The molecule has 21 heavy (non-hydrogen) atoms. The highest BCUT2D eigenvalue weighted by atomic mass is 35.5. The first-order chi connectivity index (χ1) is 10.2. The third-order valence-corrected chi connectivity index (χ3v) is 3.57. The highest BCUT2D eigenvalue weighted by molar-refractivity contribution is 6.32. The number of halogens is 1. The van der Waals surface area contributed by atoms with Gasteiger partial charge in [-0.05, 0) is 17.5 Å². The van der Waals surface area contributed by atoms with Crippen molar-refractivity contribution in [2.45, 2.75) is 26.4 Å². The van der Waals surface area contributed by atoms with Crippen LogP contribution in [0.1, 0.15) is 18.1 Å². The highest BCUT2D eigenvalue weighted by Crippen LogP contribution is 2.16. The van der Waals surface area contributed by atoms with Crippen molar-refractivity contribution in [1.82, 2.24) is 9.78 Å². The lowest BCUT2D eigenvalue weighted by Gasteiger charge is -2.10. The average molecular weight is 304 g/mol. The summed E-state index contributed by atoms with van der Waals surface area (Å²) in [4.78, 5) is 12.0. The van der Waals surface area contributed by atoms with E-state index in [1.165, 1.54) is 10.2 Å². The number of benzene rings is 1. The van der Waals surface area contributed by atoms with E-state index in [-0.39, 0.29) is 10.6 Å². The Balaban J connectivity index is 2.10. The summed E-state index contributed by atoms with van der Waals surface area (Å²) in [6.07, 6.45) is 4.19. The molecule has 1 N–H and O–H groups in total. The first-order valence-electron chi connectivity index (χ1n) is 6.84. The average Bonchev–Trinajstić information content (AvgIpc) is 2.52. The Kier molecular flexibility index (Phi) is 5.17. The molecule has 0 bridgehead atoms. The van der Waals surface area contributed by atoms with Crippen LogP contribution in [0, 0.1) is 0 Å². The molecule has 0 amide bonds. The molecule has 0 saturated carbocycles. The third-order valence-electron chi connectivity index (χ3n) is 3.20. The third kappa shape index (κ3) is 3.73. The second-order valence-electron chi connectivity index (χ2n) is 4.67. The topological polar surface area (TPSA) is 46.9 Å². The van der Waals surface area contributed by atoms with Gasteiger partial charge in [0.2, 0.25) is 0 Å². The van der Waals surface area contributed by atoms with Crippen LogP contribution in [0.4, 0.5) is 5.69 Å². The number of nitrogens with zero attached hydrogens (tertiary/aromatic N) is 2. The van der Waals surface area contributed by atoms with E-state index >= 15 is 0 Å². The van der Waals surface area contributed by atoms with E-state index < -0.39 is 0 Å². The van der Waals surface area contributed by atoms with Gasteiger partial charge in [-0.25, -0.2) is 4.68 Å². The number of hydrogen-bond acceptors (Lipinski definition) is 3. The molecule has 0 radical (unpaired) electrons. The van der Waals surface area contributed by atoms with E-state index in [9.17, 15) is 4.79 Å². The number of hydrogen-bond donors (Lipinski definition) is 1. The molecule has 0 saturated heterocycles. The number of aryl methyl sites for hydroxylation is 1. The summed E-state index contributed by atoms with van der Waals surface area (Å²) in [7, 11) is 0. The smallest absolute Gasteiger partial charge is 0.287 e. The normalized spacial score (nSPS) is 10.4. The minimum Gasteiger partial charge on any atom is -0.378 e. The molecular weight excluding hydrogens is 286 g/mol. The van der Waals surface area contributed by atoms with E-state index in [2.05, 4.69) is 48.2 Å². The summed E-state index contributed by atoms with van der Waals surface area (Å²) in [6, 6.07) is 8.32. The van der Waals surface area contributed by atoms with Gasteiger partial charge in [-0.15, -0.1) is 6.58 Å². The summed E-state index contributed by atoms with van der Waals surface area (Å²) in [6.45, 7) is 6.64. The molecule has 0 aliphatic rings. The molecule has 2 rings (SSSR count). The number of aromatic nitrogens is 2. The van der Waals surface area contributed by atoms with E-state index in [0.717, 1.165) is 12.0 Å². The van der Waals surface area contributed by atoms with Crippen LogP contribution in [0.3, 0.4) is 0 Å². The summed E-state index contributed by atoms with van der Waals surface area (Å²) in [5.74, 6) is 0. The molecule has 5 heteroatoms. The lowest BCUT2D eigenvalue weighted by Crippen LogP contribution is -2.23. The van der Waals surface area contributed by atoms with Gasteiger partial charge in [0.15, 0.2) is 0 Å². The van der Waals surface area contributed by atoms with Gasteiger partial charge in [-0.1, -0.05) is 48.9 Å². The van der Waals surface area contributed by atoms with Gasteiger partial charge < -0.3 is 5.32 Å². The van der Waals surface area contributed by atoms with Crippen LogP contribution in [0.25, 0.3) is 0 Å². The van der Waals surface area contributed by atoms with Crippen molar-refractivity contribution in [3.63, 3.8) is 0 Å². The Labute approximate surface area is 129 Å². The lowest BCUT2D eigenvalue weighted by atomic mass is 10.1. The Hall–Kier alpha value is -2.07. The van der Waals surface area contributed by atoms with Crippen molar-refractivity contribution in [1.29, 1.82) is 0 Å². The minimum absolute atomic E-state index is 0.150. The zero-order valence-corrected chi connectivity index (χ0v) is 12.7. The lowest BCUT2D eigenvalue weighted by molar-refractivity contribution is 0.653. The number of anilines is 1. The van der Waals surface area contributed by atoms with Gasteiger partial charge in [0, 0.05) is 6.54 Å². The van der Waals surface area contributed by atoms with Gasteiger partial charge in [0.25, 0.3) is 5.56 Å². The maximum absolute atomic E-state index is 12.0. The Morgan fingerprint density at radius 2 is 2.00 bits per heavy atom. The van der Waals surface area contributed by atoms with Gasteiger partial charge >= 0.3 is 0 Å². The second-order valence-corrected chi connectivity index (χ2v) is 5.05. The van der Waals surface area contributed by atoms with Gasteiger partial charge in [0.05, 0.1) is 18.4 Å². The Morgan fingerprint density at radius 3 is 2.62 bits per heavy atom. The van der Waals surface area contributed by atoms with Crippen molar-refractivity contribution in [3.05, 3.63) is 69.6 Å². The predicted octanol–water partition coefficient (Wildman–Crippen LogP) is 3.26. The van der Waals surface area contributed by atoms with Gasteiger partial charge in [-0.3, -0.25) is 4.79 Å². The fourth-order valence-corrected chi connectivity index (χ4v) is 2.14. The number of rotatable bonds is 6. The van der Waals surface area contributed by atoms with Gasteiger partial charge in [0.1, 0.15) is 5.02 Å². The molecule has 1 aromatic heterocycles. The largest absolute Gasteiger partial charge is 0.378 e. The van der Waals surface area contributed by atoms with Crippen LogP contribution < -0.4 is 10.9 Å². The maximum Gasteiger partial charge on any atom is 0.287 e. The summed E-state index contributed by atoms with van der Waals surface area (Å²) < 4.78 is 1.27. The molecule has 110 valence electrons. The van der Waals surface area contributed by atoms with Crippen LogP contribution in [-0.4, -0.2) is 9.78 Å². The van der Waals surface area contributed by atoms with E-state index in [0.29, 0.717) is 18.8 Å². The first-order valence-corrected chi connectivity index (χ1v) is 7.21. The molecule has 1 aromatic carbocycles. The van der Waals surface area contributed by atoms with Crippen molar-refractivity contribution in [2.75, 3.05) is 5.32 Å². The van der Waals surface area contributed by atoms with Crippen molar-refractivity contribution < 1.29 is 0 Å². The molecule has 0 fully saturated rings. The van der Waals surface area contributed by atoms with E-state index in [4.69, 9.17) is 11.6 Å². The quantitative estimate of drug-likeness (QED) is 0.833. The summed E-state index contributed by atoms with van der Waals surface area (Å²) in [5.41, 5.74) is 2.65. The first kappa shape index (κ1) is 15.3. The molecule has 0 spiro atoms. The summed E-state index contributed by atoms with van der Waals surface area (Å²) >= 11 is 6.08. The van der Waals surface area contributed by atoms with E-state index in [1.807, 2.05) is 0 Å². The van der Waals surface area contributed by atoms with Crippen LogP contribution in [0.2, 0.25) is 5.02 Å². The standard InChI is InChI=1S/C16H18ClN3O/c1-3-9-20-16(21)15(17)14(11-19-20)18-10-13-7-5-12(4-2)6-8-13/h3,5-8,11,18H,1,4,9-10H2,2H3. The highest BCUT2D eigenvalue weighted by Gasteiger charge is 2.08. The molecule has 1 heterocycles. The second kappa shape index (κ2) is 7.09. The molecule has 0 unspecified atom stereocenters. The number of allylic oxidation sites excluding steroid dienone is 1. The van der Waals surface area contributed by atoms with Crippen molar-refractivity contribution in [3.8, 4) is 0 Å². The molecule has 2 aromatic rings. The minimum atomic E-state index is -0.317. The van der Waals surface area contributed by atoms with Crippen molar-refractivity contribution >= 4 is 17.3 Å². The molecule has 0 aliphatic heterocycles. The Morgan fingerprint density at radius 1 is 1.33 bits per heavy atom. The monoisotopic (exact) mass is 303 g/mol. The van der Waals surface area contributed by atoms with Crippen LogP contribution in [0.15, 0.2) is 47.9 Å². The zero-order chi connectivity index (χ0) is 15.2. The van der Waals surface area contributed by atoms with Gasteiger partial charge in [-0.2, -0.15) is 5.10 Å². The number of nitrogens with one attached hydrogen (secondary N) is 1. The van der Waals surface area contributed by atoms with Crippen LogP contribution >= 0.6 is 11.6 Å². The molecule has 0 aliphatic carbocycles. The fourth-order valence-electron chi connectivity index (χ4n) is 1.93. The zero-order valence-electron chi connectivity index (χ0n) is 12.0. The van der Waals surface area contributed by atoms with Crippen molar-refractivity contribution in [2.24, 2.45) is 0 Å². The Bertz CT molecular complexity index is 677. The van der Waals surface area contributed by atoms with E-state index in [1.54, 1.807) is 12.3 Å². The van der Waals surface area contributed by atoms with Crippen LogP contribution in [-0.2, 0) is 19.5 Å².